The summed E-state index contributed by atoms with van der Waals surface area (Å²) in [5.41, 5.74) is 1.94. The van der Waals surface area contributed by atoms with E-state index in [2.05, 4.69) is 5.32 Å². The summed E-state index contributed by atoms with van der Waals surface area (Å²) < 4.78 is 5.17. The Bertz CT molecular complexity index is 969. The molecule has 1 N–H and O–H groups in total. The average Bonchev–Trinajstić information content (AvgIpc) is 3.25. The molecule has 7 nitrogen and oxygen atoms in total. The third kappa shape index (κ3) is 5.72. The van der Waals surface area contributed by atoms with E-state index in [4.69, 9.17) is 4.74 Å². The molecule has 1 atom stereocenters. The summed E-state index contributed by atoms with van der Waals surface area (Å²) in [6.07, 6.45) is 2.91. The van der Waals surface area contributed by atoms with Crippen molar-refractivity contribution in [2.24, 2.45) is 5.92 Å². The Morgan fingerprint density at radius 2 is 1.73 bits per heavy atom. The average molecular weight is 450 g/mol. The summed E-state index contributed by atoms with van der Waals surface area (Å²) in [5.74, 6) is 0.470. The normalized spacial score (nSPS) is 18.9. The number of benzene rings is 2. The quantitative estimate of drug-likeness (QED) is 0.705. The molecule has 2 aromatic carbocycles. The molecule has 174 valence electrons. The monoisotopic (exact) mass is 449 g/mol. The number of aryl methyl sites for hydroxylation is 1. The zero-order valence-corrected chi connectivity index (χ0v) is 19.0. The van der Waals surface area contributed by atoms with Crippen molar-refractivity contribution in [3.63, 3.8) is 0 Å². The van der Waals surface area contributed by atoms with Crippen molar-refractivity contribution in [3.8, 4) is 5.75 Å². The molecule has 0 aliphatic carbocycles. The van der Waals surface area contributed by atoms with Crippen LogP contribution in [0.4, 0.5) is 5.69 Å². The van der Waals surface area contributed by atoms with Crippen LogP contribution in [0, 0.1) is 5.92 Å². The van der Waals surface area contributed by atoms with Gasteiger partial charge >= 0.3 is 0 Å². The van der Waals surface area contributed by atoms with Gasteiger partial charge in [-0.1, -0.05) is 30.3 Å². The van der Waals surface area contributed by atoms with E-state index in [-0.39, 0.29) is 36.1 Å². The Balaban J connectivity index is 1.22. The first-order valence-electron chi connectivity index (χ1n) is 11.6. The first kappa shape index (κ1) is 22.8. The number of amides is 3. The summed E-state index contributed by atoms with van der Waals surface area (Å²) in [4.78, 5) is 41.4. The molecule has 0 bridgehead atoms. The van der Waals surface area contributed by atoms with Crippen LogP contribution in [0.2, 0.25) is 0 Å². The molecular weight excluding hydrogens is 418 g/mol. The molecule has 0 radical (unpaired) electrons. The van der Waals surface area contributed by atoms with Gasteiger partial charge in [0.2, 0.25) is 17.7 Å². The SMILES string of the molecule is COc1ccc(N2CC(C(=O)N3CCC(NC(=O)CCc4ccccc4)CC3)CC2=O)cc1. The predicted octanol–water partition coefficient (Wildman–Crippen LogP) is 2.79. The molecule has 2 aromatic rings. The second kappa shape index (κ2) is 10.5. The highest BCUT2D eigenvalue weighted by molar-refractivity contribution is 6.00. The van der Waals surface area contributed by atoms with Crippen LogP contribution in [0.3, 0.4) is 0 Å². The van der Waals surface area contributed by atoms with Crippen molar-refractivity contribution in [2.45, 2.75) is 38.1 Å². The second-order valence-electron chi connectivity index (χ2n) is 8.76. The molecule has 2 saturated heterocycles. The smallest absolute Gasteiger partial charge is 0.228 e. The number of methoxy groups -OCH3 is 1. The number of hydrogen-bond acceptors (Lipinski definition) is 4. The van der Waals surface area contributed by atoms with E-state index in [9.17, 15) is 14.4 Å². The molecule has 2 heterocycles. The molecule has 2 aliphatic heterocycles. The van der Waals surface area contributed by atoms with Crippen molar-refractivity contribution < 1.29 is 19.1 Å². The predicted molar refractivity (Wildman–Crippen MR) is 126 cm³/mol. The van der Waals surface area contributed by atoms with E-state index in [0.29, 0.717) is 26.1 Å². The molecule has 0 spiro atoms. The Morgan fingerprint density at radius 1 is 1.03 bits per heavy atom. The van der Waals surface area contributed by atoms with Crippen LogP contribution >= 0.6 is 0 Å². The lowest BCUT2D eigenvalue weighted by atomic mass is 10.0. The van der Waals surface area contributed by atoms with E-state index in [1.807, 2.05) is 59.5 Å². The molecule has 2 aliphatic rings. The number of nitrogens with zero attached hydrogens (tertiary/aromatic N) is 2. The Kier molecular flexibility index (Phi) is 7.27. The van der Waals surface area contributed by atoms with Crippen LogP contribution < -0.4 is 15.0 Å². The van der Waals surface area contributed by atoms with Gasteiger partial charge in [-0.3, -0.25) is 14.4 Å². The van der Waals surface area contributed by atoms with Crippen LogP contribution in [-0.4, -0.2) is 55.4 Å². The molecule has 33 heavy (non-hydrogen) atoms. The van der Waals surface area contributed by atoms with Crippen molar-refractivity contribution >= 4 is 23.4 Å². The van der Waals surface area contributed by atoms with Crippen LogP contribution in [0.5, 0.6) is 5.75 Å². The van der Waals surface area contributed by atoms with Crippen molar-refractivity contribution in [1.29, 1.82) is 0 Å². The lowest BCUT2D eigenvalue weighted by molar-refractivity contribution is -0.137. The number of nitrogens with one attached hydrogen (secondary N) is 1. The first-order valence-corrected chi connectivity index (χ1v) is 11.6. The van der Waals surface area contributed by atoms with Gasteiger partial charge in [0.15, 0.2) is 0 Å². The van der Waals surface area contributed by atoms with E-state index in [1.54, 1.807) is 12.0 Å². The summed E-state index contributed by atoms with van der Waals surface area (Å²) in [6, 6.07) is 17.4. The largest absolute Gasteiger partial charge is 0.497 e. The number of piperidine rings is 1. The fourth-order valence-corrected chi connectivity index (χ4v) is 4.59. The van der Waals surface area contributed by atoms with Gasteiger partial charge in [-0.15, -0.1) is 0 Å². The molecule has 1 unspecified atom stereocenters. The minimum absolute atomic E-state index is 0.0286. The zero-order valence-electron chi connectivity index (χ0n) is 19.0. The van der Waals surface area contributed by atoms with Crippen molar-refractivity contribution in [3.05, 3.63) is 60.2 Å². The zero-order chi connectivity index (χ0) is 23.2. The Morgan fingerprint density at radius 3 is 2.39 bits per heavy atom. The number of rotatable bonds is 7. The van der Waals surface area contributed by atoms with Crippen molar-refractivity contribution in [2.75, 3.05) is 31.6 Å². The minimum Gasteiger partial charge on any atom is -0.497 e. The molecule has 0 aromatic heterocycles. The number of carbonyl (C=O) groups is 3. The molecular formula is C26H31N3O4. The molecule has 2 fully saturated rings. The topological polar surface area (TPSA) is 79.0 Å². The van der Waals surface area contributed by atoms with Gasteiger partial charge in [0, 0.05) is 44.2 Å². The highest BCUT2D eigenvalue weighted by Crippen LogP contribution is 2.28. The van der Waals surface area contributed by atoms with Crippen LogP contribution in [0.15, 0.2) is 54.6 Å². The minimum atomic E-state index is -0.323. The van der Waals surface area contributed by atoms with Crippen LogP contribution in [0.1, 0.15) is 31.2 Å². The highest BCUT2D eigenvalue weighted by atomic mass is 16.5. The molecule has 3 amide bonds. The van der Waals surface area contributed by atoms with Gasteiger partial charge in [-0.05, 0) is 49.1 Å². The van der Waals surface area contributed by atoms with E-state index in [1.165, 1.54) is 0 Å². The van der Waals surface area contributed by atoms with Gasteiger partial charge < -0.3 is 19.9 Å². The van der Waals surface area contributed by atoms with Crippen molar-refractivity contribution in [1.82, 2.24) is 10.2 Å². The maximum atomic E-state index is 13.1. The summed E-state index contributed by atoms with van der Waals surface area (Å²) in [7, 11) is 1.60. The van der Waals surface area contributed by atoms with Gasteiger partial charge in [0.1, 0.15) is 5.75 Å². The first-order chi connectivity index (χ1) is 16.0. The molecule has 4 rings (SSSR count). The van der Waals surface area contributed by atoms with Gasteiger partial charge in [0.05, 0.1) is 13.0 Å². The summed E-state index contributed by atoms with van der Waals surface area (Å²) >= 11 is 0. The maximum Gasteiger partial charge on any atom is 0.228 e. The van der Waals surface area contributed by atoms with Crippen LogP contribution in [-0.2, 0) is 20.8 Å². The third-order valence-electron chi connectivity index (χ3n) is 6.51. The van der Waals surface area contributed by atoms with Crippen LogP contribution in [0.25, 0.3) is 0 Å². The summed E-state index contributed by atoms with van der Waals surface area (Å²) in [6.45, 7) is 1.62. The lowest BCUT2D eigenvalue weighted by Crippen LogP contribution is -2.48. The Hall–Kier alpha value is -3.35. The van der Waals surface area contributed by atoms with E-state index in [0.717, 1.165) is 36.3 Å². The van der Waals surface area contributed by atoms with Gasteiger partial charge in [0.25, 0.3) is 0 Å². The molecule has 0 saturated carbocycles. The lowest BCUT2D eigenvalue weighted by Gasteiger charge is -2.33. The standard InChI is InChI=1S/C26H31N3O4/c1-33-23-10-8-22(9-11-23)29-18-20(17-25(29)31)26(32)28-15-13-21(14-16-28)27-24(30)12-7-19-5-3-2-4-6-19/h2-6,8-11,20-21H,7,12-18H2,1H3,(H,27,30). The highest BCUT2D eigenvalue weighted by Gasteiger charge is 2.38. The van der Waals surface area contributed by atoms with E-state index < -0.39 is 0 Å². The van der Waals surface area contributed by atoms with E-state index >= 15 is 0 Å². The number of likely N-dealkylation sites (tertiary alicyclic amines) is 1. The fourth-order valence-electron chi connectivity index (χ4n) is 4.59. The second-order valence-corrected chi connectivity index (χ2v) is 8.76. The Labute approximate surface area is 194 Å². The maximum absolute atomic E-state index is 13.1. The van der Waals surface area contributed by atoms with Gasteiger partial charge in [-0.2, -0.15) is 0 Å². The van der Waals surface area contributed by atoms with Gasteiger partial charge in [-0.25, -0.2) is 0 Å². The third-order valence-corrected chi connectivity index (χ3v) is 6.51. The number of ether oxygens (including phenoxy) is 1. The number of carbonyl (C=O) groups excluding carboxylic acids is 3. The summed E-state index contributed by atoms with van der Waals surface area (Å²) in [5, 5.41) is 3.11. The number of hydrogen-bond donors (Lipinski definition) is 1. The molecule has 7 heteroatoms. The fraction of sp³-hybridized carbons (Fsp3) is 0.423. The number of anilines is 1.